The van der Waals surface area contributed by atoms with Crippen molar-refractivity contribution in [3.63, 3.8) is 0 Å². The predicted molar refractivity (Wildman–Crippen MR) is 79.5 cm³/mol. The number of aromatic nitrogens is 2. The zero-order chi connectivity index (χ0) is 15.6. The Morgan fingerprint density at radius 1 is 1.24 bits per heavy atom. The summed E-state index contributed by atoms with van der Waals surface area (Å²) >= 11 is 6.24. The van der Waals surface area contributed by atoms with E-state index in [9.17, 15) is 8.78 Å². The lowest BCUT2D eigenvalue weighted by Gasteiger charge is -2.22. The van der Waals surface area contributed by atoms with Gasteiger partial charge in [0.1, 0.15) is 11.6 Å². The average molecular weight is 314 g/mol. The van der Waals surface area contributed by atoms with E-state index >= 15 is 0 Å². The van der Waals surface area contributed by atoms with Crippen molar-refractivity contribution in [2.24, 2.45) is 0 Å². The van der Waals surface area contributed by atoms with Crippen molar-refractivity contribution >= 4 is 11.6 Å². The van der Waals surface area contributed by atoms with Crippen LogP contribution in [0, 0.1) is 11.6 Å². The van der Waals surface area contributed by atoms with Crippen molar-refractivity contribution in [1.29, 1.82) is 0 Å². The molecule has 0 aliphatic heterocycles. The molecule has 1 heterocycles. The van der Waals surface area contributed by atoms with Crippen LogP contribution in [0.25, 0.3) is 0 Å². The summed E-state index contributed by atoms with van der Waals surface area (Å²) in [4.78, 5) is 0. The minimum atomic E-state index is -0.611. The summed E-state index contributed by atoms with van der Waals surface area (Å²) in [6, 6.07) is 3.15. The van der Waals surface area contributed by atoms with Crippen LogP contribution in [0.15, 0.2) is 24.4 Å². The van der Waals surface area contributed by atoms with Gasteiger partial charge in [-0.3, -0.25) is 4.68 Å². The maximum Gasteiger partial charge on any atom is 0.126 e. The fourth-order valence-corrected chi connectivity index (χ4v) is 2.59. The Bertz CT molecular complexity index is 605. The maximum absolute atomic E-state index is 13.5. The van der Waals surface area contributed by atoms with Gasteiger partial charge in [-0.15, -0.1) is 0 Å². The highest BCUT2D eigenvalue weighted by Gasteiger charge is 2.23. The zero-order valence-corrected chi connectivity index (χ0v) is 13.0. The summed E-state index contributed by atoms with van der Waals surface area (Å²) in [6.45, 7) is 6.50. The van der Waals surface area contributed by atoms with Crippen molar-refractivity contribution in [1.82, 2.24) is 15.1 Å². The van der Waals surface area contributed by atoms with Crippen molar-refractivity contribution < 1.29 is 8.78 Å². The molecule has 1 unspecified atom stereocenters. The average Bonchev–Trinajstić information content (AvgIpc) is 2.76. The molecular weight excluding hydrogens is 296 g/mol. The van der Waals surface area contributed by atoms with Crippen LogP contribution in [0.4, 0.5) is 8.78 Å². The number of hydrogen-bond donors (Lipinski definition) is 1. The van der Waals surface area contributed by atoms with Crippen LogP contribution in [-0.4, -0.2) is 16.3 Å². The third kappa shape index (κ3) is 3.41. The lowest BCUT2D eigenvalue weighted by Crippen LogP contribution is -2.26. The molecule has 0 saturated carbocycles. The molecule has 0 saturated heterocycles. The minimum absolute atomic E-state index is 0.0899. The molecule has 3 nitrogen and oxygen atoms in total. The van der Waals surface area contributed by atoms with Gasteiger partial charge in [0, 0.05) is 12.1 Å². The molecule has 0 spiro atoms. The van der Waals surface area contributed by atoms with Crippen LogP contribution >= 0.6 is 11.6 Å². The summed E-state index contributed by atoms with van der Waals surface area (Å²) in [7, 11) is 0. The lowest BCUT2D eigenvalue weighted by atomic mass is 10.0. The second-order valence-corrected chi connectivity index (χ2v) is 5.52. The molecule has 0 bridgehead atoms. The number of benzene rings is 1. The first-order valence-electron chi connectivity index (χ1n) is 6.86. The largest absolute Gasteiger partial charge is 0.305 e. The molecule has 21 heavy (non-hydrogen) atoms. The van der Waals surface area contributed by atoms with E-state index in [0.29, 0.717) is 22.8 Å². The predicted octanol–water partition coefficient (Wildman–Crippen LogP) is 4.09. The Morgan fingerprint density at radius 3 is 2.38 bits per heavy atom. The Balaban J connectivity index is 2.56. The van der Waals surface area contributed by atoms with Crippen LogP contribution in [0.5, 0.6) is 0 Å². The van der Waals surface area contributed by atoms with Crippen LogP contribution in [0.2, 0.25) is 5.02 Å². The number of halogens is 3. The highest BCUT2D eigenvalue weighted by atomic mass is 35.5. The maximum atomic E-state index is 13.5. The van der Waals surface area contributed by atoms with Crippen LogP contribution in [-0.2, 0) is 0 Å². The molecule has 1 aromatic carbocycles. The first-order valence-corrected chi connectivity index (χ1v) is 7.24. The standard InChI is InChI=1S/C15H18ClF2N3/c1-4-19-14(10-5-11(17)7-12(18)6-10)15-13(16)8-20-21(15)9(2)3/h5-9,14,19H,4H2,1-3H3. The van der Waals surface area contributed by atoms with Crippen molar-refractivity contribution in [2.75, 3.05) is 6.54 Å². The summed E-state index contributed by atoms with van der Waals surface area (Å²) < 4.78 is 28.8. The first-order chi connectivity index (χ1) is 9.93. The highest BCUT2D eigenvalue weighted by Crippen LogP contribution is 2.30. The quantitative estimate of drug-likeness (QED) is 0.901. The smallest absolute Gasteiger partial charge is 0.126 e. The monoisotopic (exact) mass is 313 g/mol. The topological polar surface area (TPSA) is 29.9 Å². The van der Waals surface area contributed by atoms with Crippen LogP contribution in [0.1, 0.15) is 44.1 Å². The highest BCUT2D eigenvalue weighted by molar-refractivity contribution is 6.31. The second-order valence-electron chi connectivity index (χ2n) is 5.11. The Morgan fingerprint density at radius 2 is 1.86 bits per heavy atom. The summed E-state index contributed by atoms with van der Waals surface area (Å²) in [5.74, 6) is -1.22. The lowest BCUT2D eigenvalue weighted by molar-refractivity contribution is 0.473. The van der Waals surface area contributed by atoms with E-state index in [4.69, 9.17) is 11.6 Å². The SMILES string of the molecule is CCNC(c1cc(F)cc(F)c1)c1c(Cl)cnn1C(C)C. The van der Waals surface area contributed by atoms with Crippen molar-refractivity contribution in [2.45, 2.75) is 32.9 Å². The van der Waals surface area contributed by atoms with Gasteiger partial charge >= 0.3 is 0 Å². The minimum Gasteiger partial charge on any atom is -0.305 e. The fraction of sp³-hybridized carbons (Fsp3) is 0.400. The molecule has 1 N–H and O–H groups in total. The molecule has 0 aliphatic carbocycles. The van der Waals surface area contributed by atoms with Gasteiger partial charge in [-0.2, -0.15) is 5.10 Å². The third-order valence-electron chi connectivity index (χ3n) is 3.18. The molecule has 2 rings (SSSR count). The molecule has 1 atom stereocenters. The van der Waals surface area contributed by atoms with E-state index < -0.39 is 17.7 Å². The second kappa shape index (κ2) is 6.54. The van der Waals surface area contributed by atoms with Gasteiger partial charge in [0.05, 0.1) is 23.0 Å². The first kappa shape index (κ1) is 15.9. The van der Waals surface area contributed by atoms with Gasteiger partial charge in [-0.1, -0.05) is 18.5 Å². The van der Waals surface area contributed by atoms with E-state index in [1.54, 1.807) is 10.9 Å². The van der Waals surface area contributed by atoms with Gasteiger partial charge in [0.15, 0.2) is 0 Å². The molecule has 114 valence electrons. The van der Waals surface area contributed by atoms with E-state index in [0.717, 1.165) is 6.07 Å². The van der Waals surface area contributed by atoms with Crippen molar-refractivity contribution in [3.05, 3.63) is 52.3 Å². The van der Waals surface area contributed by atoms with E-state index in [2.05, 4.69) is 10.4 Å². The van der Waals surface area contributed by atoms with Gasteiger partial charge in [-0.25, -0.2) is 8.78 Å². The molecule has 2 aromatic rings. The van der Waals surface area contributed by atoms with Gasteiger partial charge < -0.3 is 5.32 Å². The number of nitrogens with one attached hydrogen (secondary N) is 1. The van der Waals surface area contributed by atoms with Crippen LogP contribution in [0.3, 0.4) is 0 Å². The zero-order valence-electron chi connectivity index (χ0n) is 12.2. The van der Waals surface area contributed by atoms with Gasteiger partial charge in [-0.05, 0) is 38.1 Å². The molecular formula is C15H18ClF2N3. The van der Waals surface area contributed by atoms with Gasteiger partial charge in [0.2, 0.25) is 0 Å². The number of hydrogen-bond acceptors (Lipinski definition) is 2. The molecule has 0 fully saturated rings. The molecule has 0 aliphatic rings. The van der Waals surface area contributed by atoms with Gasteiger partial charge in [0.25, 0.3) is 0 Å². The molecule has 0 amide bonds. The molecule has 1 aromatic heterocycles. The Labute approximate surface area is 127 Å². The summed E-state index contributed by atoms with van der Waals surface area (Å²) in [5, 5.41) is 7.93. The summed E-state index contributed by atoms with van der Waals surface area (Å²) in [5.41, 5.74) is 1.19. The Kier molecular flexibility index (Phi) is 4.96. The third-order valence-corrected chi connectivity index (χ3v) is 3.47. The van der Waals surface area contributed by atoms with Crippen LogP contribution < -0.4 is 5.32 Å². The van der Waals surface area contributed by atoms with E-state index in [1.807, 2.05) is 20.8 Å². The number of rotatable bonds is 5. The Hall–Kier alpha value is -1.46. The summed E-state index contributed by atoms with van der Waals surface area (Å²) in [6.07, 6.45) is 1.55. The van der Waals surface area contributed by atoms with E-state index in [-0.39, 0.29) is 6.04 Å². The normalized spacial score (nSPS) is 12.9. The molecule has 6 heteroatoms. The van der Waals surface area contributed by atoms with Crippen molar-refractivity contribution in [3.8, 4) is 0 Å². The molecule has 0 radical (unpaired) electrons. The van der Waals surface area contributed by atoms with E-state index in [1.165, 1.54) is 12.1 Å². The number of nitrogens with zero attached hydrogens (tertiary/aromatic N) is 2. The fourth-order valence-electron chi connectivity index (χ4n) is 2.35.